The number of fused-ring (bicyclic) bond motifs is 2. The van der Waals surface area contributed by atoms with Crippen LogP contribution in [0.15, 0.2) is 18.2 Å². The number of nitrogens with zero attached hydrogens (tertiary/aromatic N) is 2. The van der Waals surface area contributed by atoms with Crippen LogP contribution in [-0.2, 0) is 12.8 Å². The van der Waals surface area contributed by atoms with Gasteiger partial charge >= 0.3 is 0 Å². The standard InChI is InChI=1S/C14H11FN2/c15-9-5-6-14-11(7-9)12(8-16)10-3-1-2-4-13(10)17-14/h5-7H,1-4H2. The Morgan fingerprint density at radius 3 is 2.88 bits per heavy atom. The average Bonchev–Trinajstić information content (AvgIpc) is 2.36. The van der Waals surface area contributed by atoms with Crippen molar-refractivity contribution in [3.8, 4) is 6.07 Å². The zero-order chi connectivity index (χ0) is 11.8. The lowest BCUT2D eigenvalue weighted by atomic mass is 9.90. The van der Waals surface area contributed by atoms with E-state index < -0.39 is 0 Å². The number of hydrogen-bond donors (Lipinski definition) is 0. The number of benzene rings is 1. The van der Waals surface area contributed by atoms with Crippen molar-refractivity contribution in [1.82, 2.24) is 4.98 Å². The normalized spacial score (nSPS) is 14.4. The number of aryl methyl sites for hydroxylation is 1. The van der Waals surface area contributed by atoms with Crippen molar-refractivity contribution in [2.75, 3.05) is 0 Å². The predicted molar refractivity (Wildman–Crippen MR) is 63.1 cm³/mol. The molecule has 0 spiro atoms. The first-order chi connectivity index (χ1) is 8.29. The molecule has 1 aromatic heterocycles. The largest absolute Gasteiger partial charge is 0.252 e. The third kappa shape index (κ3) is 1.57. The Hall–Kier alpha value is -1.95. The molecule has 2 aromatic rings. The Kier molecular flexibility index (Phi) is 2.29. The molecular weight excluding hydrogens is 215 g/mol. The summed E-state index contributed by atoms with van der Waals surface area (Å²) in [6, 6.07) is 6.68. The highest BCUT2D eigenvalue weighted by atomic mass is 19.1. The molecule has 1 aliphatic carbocycles. The first-order valence-corrected chi connectivity index (χ1v) is 5.80. The van der Waals surface area contributed by atoms with E-state index in [0.29, 0.717) is 10.9 Å². The van der Waals surface area contributed by atoms with Crippen LogP contribution in [0, 0.1) is 17.1 Å². The zero-order valence-electron chi connectivity index (χ0n) is 9.33. The fourth-order valence-electron chi connectivity index (χ4n) is 2.52. The van der Waals surface area contributed by atoms with Crippen molar-refractivity contribution in [1.29, 1.82) is 5.26 Å². The van der Waals surface area contributed by atoms with Crippen molar-refractivity contribution < 1.29 is 4.39 Å². The van der Waals surface area contributed by atoms with Crippen LogP contribution in [0.5, 0.6) is 0 Å². The van der Waals surface area contributed by atoms with Gasteiger partial charge in [0.25, 0.3) is 0 Å². The highest BCUT2D eigenvalue weighted by Gasteiger charge is 2.18. The minimum atomic E-state index is -0.313. The smallest absolute Gasteiger partial charge is 0.124 e. The quantitative estimate of drug-likeness (QED) is 0.692. The van der Waals surface area contributed by atoms with Gasteiger partial charge in [-0.05, 0) is 49.4 Å². The summed E-state index contributed by atoms with van der Waals surface area (Å²) in [5, 5.41) is 9.93. The topological polar surface area (TPSA) is 36.7 Å². The molecular formula is C14H11FN2. The molecule has 0 saturated heterocycles. The van der Waals surface area contributed by atoms with E-state index in [4.69, 9.17) is 0 Å². The number of aromatic nitrogens is 1. The van der Waals surface area contributed by atoms with Gasteiger partial charge in [-0.3, -0.25) is 4.98 Å². The molecule has 3 rings (SSSR count). The summed E-state index contributed by atoms with van der Waals surface area (Å²) in [5.41, 5.74) is 3.39. The second-order valence-electron chi connectivity index (χ2n) is 4.39. The van der Waals surface area contributed by atoms with E-state index in [1.807, 2.05) is 0 Å². The van der Waals surface area contributed by atoms with Crippen molar-refractivity contribution >= 4 is 10.9 Å². The average molecular weight is 226 g/mol. The first-order valence-electron chi connectivity index (χ1n) is 5.80. The minimum absolute atomic E-state index is 0.313. The first kappa shape index (κ1) is 10.2. The van der Waals surface area contributed by atoms with Gasteiger partial charge in [0.15, 0.2) is 0 Å². The lowest BCUT2D eigenvalue weighted by molar-refractivity contribution is 0.629. The second-order valence-corrected chi connectivity index (χ2v) is 4.39. The van der Waals surface area contributed by atoms with Gasteiger partial charge in [0, 0.05) is 11.1 Å². The van der Waals surface area contributed by atoms with Crippen molar-refractivity contribution in [2.24, 2.45) is 0 Å². The maximum absolute atomic E-state index is 13.2. The van der Waals surface area contributed by atoms with Crippen molar-refractivity contribution in [2.45, 2.75) is 25.7 Å². The fraction of sp³-hybridized carbons (Fsp3) is 0.286. The summed E-state index contributed by atoms with van der Waals surface area (Å²) in [7, 11) is 0. The van der Waals surface area contributed by atoms with Crippen LogP contribution in [0.3, 0.4) is 0 Å². The summed E-state index contributed by atoms with van der Waals surface area (Å²) in [6.45, 7) is 0. The van der Waals surface area contributed by atoms with Crippen LogP contribution in [0.4, 0.5) is 4.39 Å². The van der Waals surface area contributed by atoms with Gasteiger partial charge in [-0.25, -0.2) is 4.39 Å². The number of rotatable bonds is 0. The SMILES string of the molecule is N#Cc1c2c(nc3ccc(F)cc13)CCCC2. The monoisotopic (exact) mass is 226 g/mol. The molecule has 1 aromatic carbocycles. The summed E-state index contributed by atoms with van der Waals surface area (Å²) in [6.07, 6.45) is 4.02. The number of hydrogen-bond acceptors (Lipinski definition) is 2. The summed E-state index contributed by atoms with van der Waals surface area (Å²) in [5.74, 6) is -0.313. The van der Waals surface area contributed by atoms with Gasteiger partial charge in [0.2, 0.25) is 0 Å². The molecule has 0 atom stereocenters. The molecule has 0 fully saturated rings. The zero-order valence-corrected chi connectivity index (χ0v) is 9.33. The van der Waals surface area contributed by atoms with Gasteiger partial charge in [-0.2, -0.15) is 5.26 Å². The Morgan fingerprint density at radius 2 is 2.06 bits per heavy atom. The molecule has 0 saturated carbocycles. The lowest BCUT2D eigenvalue weighted by Gasteiger charge is -2.17. The van der Waals surface area contributed by atoms with E-state index in [0.717, 1.165) is 42.5 Å². The molecule has 0 N–H and O–H groups in total. The molecule has 1 heterocycles. The Morgan fingerprint density at radius 1 is 1.24 bits per heavy atom. The van der Waals surface area contributed by atoms with E-state index in [2.05, 4.69) is 11.1 Å². The van der Waals surface area contributed by atoms with Crippen LogP contribution >= 0.6 is 0 Å². The van der Waals surface area contributed by atoms with Gasteiger partial charge in [0.05, 0.1) is 11.1 Å². The molecule has 84 valence electrons. The number of nitriles is 1. The maximum atomic E-state index is 13.2. The third-order valence-corrected chi connectivity index (χ3v) is 3.34. The van der Waals surface area contributed by atoms with Crippen molar-refractivity contribution in [3.05, 3.63) is 40.8 Å². The number of pyridine rings is 1. The summed E-state index contributed by atoms with van der Waals surface area (Å²) < 4.78 is 13.2. The minimum Gasteiger partial charge on any atom is -0.252 e. The molecule has 0 radical (unpaired) electrons. The summed E-state index contributed by atoms with van der Waals surface area (Å²) in [4.78, 5) is 4.55. The van der Waals surface area contributed by atoms with Crippen LogP contribution in [0.2, 0.25) is 0 Å². The molecule has 0 bridgehead atoms. The van der Waals surface area contributed by atoms with Gasteiger partial charge in [-0.1, -0.05) is 0 Å². The second kappa shape index (κ2) is 3.81. The van der Waals surface area contributed by atoms with E-state index in [-0.39, 0.29) is 5.82 Å². The predicted octanol–water partition coefficient (Wildman–Crippen LogP) is 3.12. The van der Waals surface area contributed by atoms with E-state index in [1.165, 1.54) is 12.1 Å². The van der Waals surface area contributed by atoms with Gasteiger partial charge in [-0.15, -0.1) is 0 Å². The van der Waals surface area contributed by atoms with Gasteiger partial charge in [0.1, 0.15) is 11.9 Å². The molecule has 2 nitrogen and oxygen atoms in total. The highest BCUT2D eigenvalue weighted by molar-refractivity contribution is 5.86. The Labute approximate surface area is 98.7 Å². The Balaban J connectivity index is 2.40. The highest BCUT2D eigenvalue weighted by Crippen LogP contribution is 2.28. The van der Waals surface area contributed by atoms with E-state index in [1.54, 1.807) is 6.07 Å². The molecule has 17 heavy (non-hydrogen) atoms. The van der Waals surface area contributed by atoms with Gasteiger partial charge < -0.3 is 0 Å². The number of halogens is 1. The molecule has 3 heteroatoms. The van der Waals surface area contributed by atoms with Crippen LogP contribution in [0.25, 0.3) is 10.9 Å². The van der Waals surface area contributed by atoms with E-state index >= 15 is 0 Å². The van der Waals surface area contributed by atoms with Crippen LogP contribution in [0.1, 0.15) is 29.7 Å². The molecule has 0 unspecified atom stereocenters. The molecule has 0 amide bonds. The van der Waals surface area contributed by atoms with Crippen molar-refractivity contribution in [3.63, 3.8) is 0 Å². The maximum Gasteiger partial charge on any atom is 0.124 e. The third-order valence-electron chi connectivity index (χ3n) is 3.34. The Bertz CT molecular complexity index is 641. The van der Waals surface area contributed by atoms with Crippen LogP contribution < -0.4 is 0 Å². The molecule has 1 aliphatic rings. The van der Waals surface area contributed by atoms with E-state index in [9.17, 15) is 9.65 Å². The molecule has 0 aliphatic heterocycles. The lowest BCUT2D eigenvalue weighted by Crippen LogP contribution is -2.08. The summed E-state index contributed by atoms with van der Waals surface area (Å²) >= 11 is 0. The fourth-order valence-corrected chi connectivity index (χ4v) is 2.52. The van der Waals surface area contributed by atoms with Crippen LogP contribution in [-0.4, -0.2) is 4.98 Å².